The largest absolute Gasteiger partial charge is 0.389 e. The van der Waals surface area contributed by atoms with Crippen molar-refractivity contribution in [2.24, 2.45) is 0 Å². The normalized spacial score (nSPS) is 17.2. The molecule has 0 atom stereocenters. The van der Waals surface area contributed by atoms with Crippen LogP contribution in [0.3, 0.4) is 0 Å². The summed E-state index contributed by atoms with van der Waals surface area (Å²) in [4.78, 5) is 17.1. The highest BCUT2D eigenvalue weighted by atomic mass is 32.1. The molecule has 70 valence electrons. The lowest BCUT2D eigenvalue weighted by molar-refractivity contribution is -0.120. The zero-order valence-electron chi connectivity index (χ0n) is 6.99. The van der Waals surface area contributed by atoms with Gasteiger partial charge in [0.25, 0.3) is 0 Å². The Labute approximate surface area is 79.6 Å². The van der Waals surface area contributed by atoms with Gasteiger partial charge in [0.2, 0.25) is 5.91 Å². The summed E-state index contributed by atoms with van der Waals surface area (Å²) in [5.41, 5.74) is 5.55. The molecule has 2 rings (SSSR count). The molecule has 0 aliphatic carbocycles. The number of amides is 1. The van der Waals surface area contributed by atoms with Crippen LogP contribution in [0.4, 0.5) is 10.1 Å². The van der Waals surface area contributed by atoms with Crippen LogP contribution in [0.25, 0.3) is 0 Å². The lowest BCUT2D eigenvalue weighted by atomic mass is 10.4. The van der Waals surface area contributed by atoms with Crippen LogP contribution in [-0.4, -0.2) is 30.5 Å². The van der Waals surface area contributed by atoms with Gasteiger partial charge in [-0.15, -0.1) is 0 Å². The fourth-order valence-corrected chi connectivity index (χ4v) is 1.93. The van der Waals surface area contributed by atoms with Crippen molar-refractivity contribution in [2.45, 2.75) is 0 Å². The number of rotatable bonds is 1. The molecular weight excluding hydrogens is 188 g/mol. The molecule has 0 radical (unpaired) electrons. The van der Waals surface area contributed by atoms with Crippen LogP contribution < -0.4 is 16.0 Å². The van der Waals surface area contributed by atoms with Crippen LogP contribution >= 0.6 is 11.3 Å². The van der Waals surface area contributed by atoms with E-state index in [4.69, 9.17) is 5.73 Å². The number of nitrogens with one attached hydrogen (secondary N) is 1. The fraction of sp³-hybridized carbons (Fsp3) is 0.429. The number of aromatic nitrogens is 1. The van der Waals surface area contributed by atoms with E-state index >= 15 is 0 Å². The second-order valence-corrected chi connectivity index (χ2v) is 3.86. The number of carbonyl (C=O) groups is 1. The molecule has 1 amide bonds. The number of nitrogen functional groups attached to an aromatic ring is 1. The Morgan fingerprint density at radius 2 is 2.54 bits per heavy atom. The van der Waals surface area contributed by atoms with Gasteiger partial charge in [0.1, 0.15) is 5.00 Å². The molecular formula is C7H10N4OS. The molecule has 1 saturated heterocycles. The molecule has 3 N–H and O–H groups in total. The molecule has 0 aromatic carbocycles. The van der Waals surface area contributed by atoms with Crippen molar-refractivity contribution in [3.63, 3.8) is 0 Å². The van der Waals surface area contributed by atoms with Crippen LogP contribution in [0.2, 0.25) is 0 Å². The van der Waals surface area contributed by atoms with Crippen LogP contribution in [0.5, 0.6) is 0 Å². The third-order valence-electron chi connectivity index (χ3n) is 1.82. The van der Waals surface area contributed by atoms with E-state index in [-0.39, 0.29) is 5.91 Å². The van der Waals surface area contributed by atoms with E-state index in [1.165, 1.54) is 11.3 Å². The Morgan fingerprint density at radius 1 is 1.69 bits per heavy atom. The average molecular weight is 198 g/mol. The number of hydrogen-bond acceptors (Lipinski definition) is 5. The van der Waals surface area contributed by atoms with Crippen LogP contribution in [-0.2, 0) is 4.79 Å². The van der Waals surface area contributed by atoms with Crippen molar-refractivity contribution in [3.05, 3.63) is 6.20 Å². The number of nitrogens with two attached hydrogens (primary N) is 1. The number of anilines is 2. The first-order valence-corrected chi connectivity index (χ1v) is 4.80. The Bertz CT molecular complexity index is 324. The standard InChI is InChI=1S/C7H10N4OS/c8-5-3-10-7(13-5)11-2-1-9-6(12)4-11/h3H,1-2,4,8H2,(H,9,12). The Hall–Kier alpha value is -1.30. The van der Waals surface area contributed by atoms with Gasteiger partial charge in [0.05, 0.1) is 12.7 Å². The van der Waals surface area contributed by atoms with Gasteiger partial charge in [-0.25, -0.2) is 4.98 Å². The minimum Gasteiger partial charge on any atom is -0.389 e. The van der Waals surface area contributed by atoms with Gasteiger partial charge >= 0.3 is 0 Å². The van der Waals surface area contributed by atoms with E-state index in [1.54, 1.807) is 6.20 Å². The summed E-state index contributed by atoms with van der Waals surface area (Å²) in [6, 6.07) is 0. The first-order valence-electron chi connectivity index (χ1n) is 3.98. The summed E-state index contributed by atoms with van der Waals surface area (Å²) >= 11 is 1.41. The monoisotopic (exact) mass is 198 g/mol. The number of piperazine rings is 1. The predicted octanol–water partition coefficient (Wildman–Crippen LogP) is -0.339. The minimum atomic E-state index is 0.0417. The van der Waals surface area contributed by atoms with Crippen molar-refractivity contribution in [1.29, 1.82) is 0 Å². The van der Waals surface area contributed by atoms with E-state index in [1.807, 2.05) is 4.90 Å². The second kappa shape index (κ2) is 3.21. The molecule has 0 unspecified atom stereocenters. The van der Waals surface area contributed by atoms with Crippen LogP contribution in [0.15, 0.2) is 6.20 Å². The summed E-state index contributed by atoms with van der Waals surface area (Å²) in [6.07, 6.45) is 1.62. The lowest BCUT2D eigenvalue weighted by Gasteiger charge is -2.25. The maximum Gasteiger partial charge on any atom is 0.239 e. The molecule has 5 nitrogen and oxygen atoms in total. The summed E-state index contributed by atoms with van der Waals surface area (Å²) in [6.45, 7) is 1.87. The van der Waals surface area contributed by atoms with Gasteiger partial charge in [-0.3, -0.25) is 4.79 Å². The number of carbonyl (C=O) groups excluding carboxylic acids is 1. The first kappa shape index (κ1) is 8.31. The molecule has 1 aromatic rings. The van der Waals surface area contributed by atoms with E-state index < -0.39 is 0 Å². The molecule has 0 bridgehead atoms. The van der Waals surface area contributed by atoms with Crippen molar-refractivity contribution in [3.8, 4) is 0 Å². The molecule has 1 aliphatic rings. The number of thiazole rings is 1. The molecule has 1 fully saturated rings. The Morgan fingerprint density at radius 3 is 3.15 bits per heavy atom. The maximum absolute atomic E-state index is 11.0. The Kier molecular flexibility index (Phi) is 2.05. The summed E-state index contributed by atoms with van der Waals surface area (Å²) in [5, 5.41) is 4.26. The molecule has 1 aliphatic heterocycles. The summed E-state index contributed by atoms with van der Waals surface area (Å²) in [7, 11) is 0. The van der Waals surface area contributed by atoms with Crippen LogP contribution in [0, 0.1) is 0 Å². The van der Waals surface area contributed by atoms with Crippen molar-refractivity contribution in [2.75, 3.05) is 30.3 Å². The lowest BCUT2D eigenvalue weighted by Crippen LogP contribution is -2.47. The van der Waals surface area contributed by atoms with E-state index in [0.29, 0.717) is 18.1 Å². The smallest absolute Gasteiger partial charge is 0.239 e. The first-order chi connectivity index (χ1) is 6.25. The van der Waals surface area contributed by atoms with Gasteiger partial charge in [-0.05, 0) is 0 Å². The summed E-state index contributed by atoms with van der Waals surface area (Å²) < 4.78 is 0. The van der Waals surface area contributed by atoms with E-state index in [9.17, 15) is 4.79 Å². The number of hydrogen-bond donors (Lipinski definition) is 2. The zero-order chi connectivity index (χ0) is 9.26. The van der Waals surface area contributed by atoms with E-state index in [2.05, 4.69) is 10.3 Å². The van der Waals surface area contributed by atoms with Crippen molar-refractivity contribution in [1.82, 2.24) is 10.3 Å². The van der Waals surface area contributed by atoms with Gasteiger partial charge < -0.3 is 16.0 Å². The molecule has 1 aromatic heterocycles. The second-order valence-electron chi connectivity index (χ2n) is 2.82. The zero-order valence-corrected chi connectivity index (χ0v) is 7.80. The molecule has 0 saturated carbocycles. The van der Waals surface area contributed by atoms with Gasteiger partial charge in [-0.2, -0.15) is 0 Å². The molecule has 6 heteroatoms. The third kappa shape index (κ3) is 1.72. The minimum absolute atomic E-state index is 0.0417. The Balaban J connectivity index is 2.12. The van der Waals surface area contributed by atoms with Crippen molar-refractivity contribution < 1.29 is 4.79 Å². The van der Waals surface area contributed by atoms with Gasteiger partial charge in [-0.1, -0.05) is 11.3 Å². The van der Waals surface area contributed by atoms with Gasteiger partial charge in [0.15, 0.2) is 5.13 Å². The summed E-state index contributed by atoms with van der Waals surface area (Å²) in [5.74, 6) is 0.0417. The van der Waals surface area contributed by atoms with Crippen LogP contribution in [0.1, 0.15) is 0 Å². The average Bonchev–Trinajstić information content (AvgIpc) is 2.52. The van der Waals surface area contributed by atoms with Gasteiger partial charge in [0, 0.05) is 13.1 Å². The molecule has 13 heavy (non-hydrogen) atoms. The van der Waals surface area contributed by atoms with E-state index in [0.717, 1.165) is 11.7 Å². The topological polar surface area (TPSA) is 71.2 Å². The van der Waals surface area contributed by atoms with Crippen molar-refractivity contribution >= 4 is 27.4 Å². The highest BCUT2D eigenvalue weighted by Gasteiger charge is 2.18. The number of nitrogens with zero attached hydrogens (tertiary/aromatic N) is 2. The SMILES string of the molecule is Nc1cnc(N2CCNC(=O)C2)s1. The highest BCUT2D eigenvalue weighted by molar-refractivity contribution is 7.19. The molecule has 0 spiro atoms. The molecule has 2 heterocycles. The fourth-order valence-electron chi connectivity index (χ4n) is 1.23. The third-order valence-corrected chi connectivity index (χ3v) is 2.71. The quantitative estimate of drug-likeness (QED) is 0.647. The highest BCUT2D eigenvalue weighted by Crippen LogP contribution is 2.23. The predicted molar refractivity (Wildman–Crippen MR) is 51.7 cm³/mol. The maximum atomic E-state index is 11.0.